The van der Waals surface area contributed by atoms with Crippen LogP contribution in [0.2, 0.25) is 0 Å². The summed E-state index contributed by atoms with van der Waals surface area (Å²) in [7, 11) is -4.73. The fourth-order valence-corrected chi connectivity index (χ4v) is 9.38. The lowest BCUT2D eigenvalue weighted by molar-refractivity contribution is -0.161. The van der Waals surface area contributed by atoms with E-state index in [0.717, 1.165) is 57.8 Å². The maximum atomic E-state index is 12.9. The summed E-state index contributed by atoms with van der Waals surface area (Å²) in [6, 6.07) is 0. The predicted molar refractivity (Wildman–Crippen MR) is 280 cm³/mol. The van der Waals surface area contributed by atoms with Gasteiger partial charge in [0.15, 0.2) is 6.10 Å². The molecule has 12 heteroatoms. The van der Waals surface area contributed by atoms with Crippen molar-refractivity contribution in [1.82, 2.24) is 0 Å². The van der Waals surface area contributed by atoms with Crippen LogP contribution in [0.25, 0.3) is 0 Å². The number of carbonyl (C=O) groups is 3. The highest BCUT2D eigenvalue weighted by atomic mass is 31.2. The van der Waals surface area contributed by atoms with Gasteiger partial charge in [-0.15, -0.1) is 0 Å². The van der Waals surface area contributed by atoms with Gasteiger partial charge in [-0.3, -0.25) is 23.4 Å². The van der Waals surface area contributed by atoms with Crippen molar-refractivity contribution >= 4 is 25.7 Å². The number of phosphoric ester groups is 1. The molecule has 0 aromatic heterocycles. The lowest BCUT2D eigenvalue weighted by Gasteiger charge is -2.21. The van der Waals surface area contributed by atoms with Crippen LogP contribution in [0.4, 0.5) is 0 Å². The molecule has 0 fully saturated rings. The van der Waals surface area contributed by atoms with E-state index in [2.05, 4.69) is 20.8 Å². The second-order valence-corrected chi connectivity index (χ2v) is 21.3. The molecule has 0 aromatic rings. The van der Waals surface area contributed by atoms with Gasteiger partial charge >= 0.3 is 25.7 Å². The molecule has 0 amide bonds. The van der Waals surface area contributed by atoms with Crippen molar-refractivity contribution in [2.24, 2.45) is 0 Å². The van der Waals surface area contributed by atoms with Crippen molar-refractivity contribution in [3.05, 3.63) is 0 Å². The lowest BCUT2D eigenvalue weighted by Crippen LogP contribution is -2.30. The molecule has 68 heavy (non-hydrogen) atoms. The highest BCUT2D eigenvalue weighted by Crippen LogP contribution is 2.43. The monoisotopic (exact) mass is 989 g/mol. The van der Waals surface area contributed by atoms with Crippen molar-refractivity contribution < 1.29 is 52.2 Å². The summed E-state index contributed by atoms with van der Waals surface area (Å²) in [4.78, 5) is 48.4. The quantitative estimate of drug-likeness (QED) is 0.0259. The van der Waals surface area contributed by atoms with E-state index in [1.165, 1.54) is 186 Å². The van der Waals surface area contributed by atoms with Gasteiger partial charge in [0.1, 0.15) is 12.7 Å². The first-order valence-electron chi connectivity index (χ1n) is 28.9. The summed E-state index contributed by atoms with van der Waals surface area (Å²) in [6.45, 7) is 4.69. The van der Waals surface area contributed by atoms with Crippen molar-refractivity contribution in [3.63, 3.8) is 0 Å². The average Bonchev–Trinajstić information content (AvgIpc) is 3.32. The van der Waals surface area contributed by atoms with Crippen LogP contribution in [-0.2, 0) is 42.2 Å². The summed E-state index contributed by atoms with van der Waals surface area (Å²) in [6.07, 6.45) is 47.8. The normalized spacial score (nSPS) is 13.3. The molecule has 0 aromatic carbocycles. The standard InChI is InChI=1S/C56H109O11P/c1-4-7-10-13-16-19-21-23-25-26-28-30-32-35-38-41-44-47-56(60)67-53(49-63-54(58)45-42-39-36-34-31-29-27-24-22-20-17-14-11-8-5-2)51-65-68(61,62)64-50-52(48-57)66-55(59)46-43-40-37-33-18-15-12-9-6-3/h52-53,57H,4-51H2,1-3H3,(H,61,62). The van der Waals surface area contributed by atoms with E-state index in [-0.39, 0.29) is 25.9 Å². The number of ether oxygens (including phenoxy) is 3. The van der Waals surface area contributed by atoms with Crippen LogP contribution in [0.1, 0.15) is 303 Å². The number of carbonyl (C=O) groups excluding carboxylic acids is 3. The fourth-order valence-electron chi connectivity index (χ4n) is 8.59. The summed E-state index contributed by atoms with van der Waals surface area (Å²) in [5, 5.41) is 9.76. The molecule has 3 atom stereocenters. The van der Waals surface area contributed by atoms with E-state index in [1.54, 1.807) is 0 Å². The molecule has 0 saturated heterocycles. The Kier molecular flexibility index (Phi) is 50.7. The van der Waals surface area contributed by atoms with Gasteiger partial charge in [0.25, 0.3) is 0 Å². The SMILES string of the molecule is CCCCCCCCCCCCCCCCCCCC(=O)OC(COC(=O)CCCCCCCCCCCCCCCCC)COP(=O)(O)OCC(CO)OC(=O)CCCCCCCCCCC. The molecule has 0 aliphatic rings. The summed E-state index contributed by atoms with van der Waals surface area (Å²) in [5.41, 5.74) is 0. The molecular formula is C56H109O11P. The van der Waals surface area contributed by atoms with Gasteiger partial charge in [-0.1, -0.05) is 265 Å². The summed E-state index contributed by atoms with van der Waals surface area (Å²) < 4.78 is 39.5. The summed E-state index contributed by atoms with van der Waals surface area (Å²) >= 11 is 0. The molecule has 0 spiro atoms. The van der Waals surface area contributed by atoms with E-state index < -0.39 is 57.8 Å². The van der Waals surface area contributed by atoms with Crippen molar-refractivity contribution in [2.75, 3.05) is 26.4 Å². The van der Waals surface area contributed by atoms with Crippen molar-refractivity contribution in [2.45, 2.75) is 315 Å². The van der Waals surface area contributed by atoms with E-state index >= 15 is 0 Å². The Bertz CT molecular complexity index is 1150. The Labute approximate surface area is 418 Å². The zero-order chi connectivity index (χ0) is 49.9. The molecule has 0 aliphatic heterocycles. The minimum Gasteiger partial charge on any atom is -0.462 e. The second-order valence-electron chi connectivity index (χ2n) is 19.8. The number of hydrogen-bond acceptors (Lipinski definition) is 10. The Morgan fingerprint density at radius 3 is 0.868 bits per heavy atom. The van der Waals surface area contributed by atoms with Gasteiger partial charge in [-0.25, -0.2) is 4.57 Å². The number of rotatable bonds is 55. The minimum absolute atomic E-state index is 0.179. The number of aliphatic hydroxyl groups is 1. The Morgan fingerprint density at radius 2 is 0.588 bits per heavy atom. The maximum Gasteiger partial charge on any atom is 0.472 e. The van der Waals surface area contributed by atoms with Crippen LogP contribution in [0.3, 0.4) is 0 Å². The first-order valence-corrected chi connectivity index (χ1v) is 30.4. The maximum absolute atomic E-state index is 12.9. The van der Waals surface area contributed by atoms with E-state index in [4.69, 9.17) is 23.3 Å². The van der Waals surface area contributed by atoms with E-state index in [9.17, 15) is 28.9 Å². The van der Waals surface area contributed by atoms with Crippen LogP contribution in [-0.4, -0.2) is 66.5 Å². The smallest absolute Gasteiger partial charge is 0.462 e. The van der Waals surface area contributed by atoms with Crippen LogP contribution in [0.15, 0.2) is 0 Å². The van der Waals surface area contributed by atoms with Gasteiger partial charge in [0.2, 0.25) is 0 Å². The van der Waals surface area contributed by atoms with Crippen molar-refractivity contribution in [1.29, 1.82) is 0 Å². The number of esters is 3. The Hall–Kier alpha value is -1.52. The molecule has 0 saturated carbocycles. The highest BCUT2D eigenvalue weighted by molar-refractivity contribution is 7.47. The third-order valence-corrected chi connectivity index (χ3v) is 14.0. The molecule has 0 rings (SSSR count). The number of hydrogen-bond donors (Lipinski definition) is 2. The van der Waals surface area contributed by atoms with Gasteiger partial charge in [0.05, 0.1) is 19.8 Å². The molecule has 0 heterocycles. The minimum atomic E-state index is -4.73. The fraction of sp³-hybridized carbons (Fsp3) is 0.946. The third kappa shape index (κ3) is 49.5. The molecule has 404 valence electrons. The van der Waals surface area contributed by atoms with Crippen LogP contribution >= 0.6 is 7.82 Å². The largest absolute Gasteiger partial charge is 0.472 e. The van der Waals surface area contributed by atoms with Gasteiger partial charge in [0, 0.05) is 19.3 Å². The van der Waals surface area contributed by atoms with E-state index in [0.29, 0.717) is 19.3 Å². The van der Waals surface area contributed by atoms with Crippen LogP contribution in [0.5, 0.6) is 0 Å². The molecular weight excluding hydrogens is 880 g/mol. The molecule has 2 N–H and O–H groups in total. The lowest BCUT2D eigenvalue weighted by atomic mass is 10.0. The number of aliphatic hydroxyl groups excluding tert-OH is 1. The first-order chi connectivity index (χ1) is 33.2. The van der Waals surface area contributed by atoms with Crippen LogP contribution in [0, 0.1) is 0 Å². The second kappa shape index (κ2) is 51.8. The Balaban J connectivity index is 4.65. The van der Waals surface area contributed by atoms with Gasteiger partial charge < -0.3 is 24.2 Å². The highest BCUT2D eigenvalue weighted by Gasteiger charge is 2.28. The average molecular weight is 989 g/mol. The predicted octanol–water partition coefficient (Wildman–Crippen LogP) is 16.7. The summed E-state index contributed by atoms with van der Waals surface area (Å²) in [5.74, 6) is -1.43. The third-order valence-electron chi connectivity index (χ3n) is 13.0. The Morgan fingerprint density at radius 1 is 0.353 bits per heavy atom. The first kappa shape index (κ1) is 66.5. The van der Waals surface area contributed by atoms with Gasteiger partial charge in [-0.05, 0) is 19.3 Å². The molecule has 11 nitrogen and oxygen atoms in total. The topological polar surface area (TPSA) is 155 Å². The zero-order valence-electron chi connectivity index (χ0n) is 44.6. The molecule has 0 bridgehead atoms. The van der Waals surface area contributed by atoms with Crippen LogP contribution < -0.4 is 0 Å². The van der Waals surface area contributed by atoms with Crippen molar-refractivity contribution in [3.8, 4) is 0 Å². The molecule has 3 unspecified atom stereocenters. The van der Waals surface area contributed by atoms with Gasteiger partial charge in [-0.2, -0.15) is 0 Å². The van der Waals surface area contributed by atoms with E-state index in [1.807, 2.05) is 0 Å². The number of phosphoric acid groups is 1. The molecule has 0 radical (unpaired) electrons. The zero-order valence-corrected chi connectivity index (χ0v) is 45.5. The molecule has 0 aliphatic carbocycles. The number of unbranched alkanes of at least 4 members (excludes halogenated alkanes) is 38.